The molecule has 0 fully saturated rings. The number of halogens is 1. The third kappa shape index (κ3) is 2.97. The van der Waals surface area contributed by atoms with E-state index in [1.807, 2.05) is 32.9 Å². The molecular formula is C19H19FN2O2. The van der Waals surface area contributed by atoms with Gasteiger partial charge in [-0.2, -0.15) is 0 Å². The van der Waals surface area contributed by atoms with Gasteiger partial charge in [0.2, 0.25) is 0 Å². The minimum absolute atomic E-state index is 0.381. The van der Waals surface area contributed by atoms with Crippen molar-refractivity contribution >= 4 is 5.69 Å². The minimum Gasteiger partial charge on any atom is -0.457 e. The Morgan fingerprint density at radius 2 is 1.67 bits per heavy atom. The first kappa shape index (κ1) is 16.1. The standard InChI is InChI=1S/C19H19FN2O2/c1-10-5-16(21)6-11(2)19(10)23-17-8-14(7-15(20)9-17)18-12(3)22-24-13(18)4/h5-9H,21H2,1-4H3. The van der Waals surface area contributed by atoms with Gasteiger partial charge in [0.05, 0.1) is 5.69 Å². The molecular weight excluding hydrogens is 307 g/mol. The summed E-state index contributed by atoms with van der Waals surface area (Å²) < 4.78 is 25.2. The molecule has 0 saturated heterocycles. The van der Waals surface area contributed by atoms with Crippen LogP contribution in [0.3, 0.4) is 0 Å². The number of anilines is 1. The largest absolute Gasteiger partial charge is 0.457 e. The van der Waals surface area contributed by atoms with E-state index in [0.29, 0.717) is 34.2 Å². The zero-order valence-electron chi connectivity index (χ0n) is 14.1. The molecule has 0 aliphatic carbocycles. The van der Waals surface area contributed by atoms with Crippen LogP contribution in [0.25, 0.3) is 11.1 Å². The van der Waals surface area contributed by atoms with Gasteiger partial charge in [-0.05, 0) is 68.7 Å². The molecule has 0 spiro atoms. The smallest absolute Gasteiger partial charge is 0.141 e. The zero-order chi connectivity index (χ0) is 17.4. The van der Waals surface area contributed by atoms with E-state index in [-0.39, 0.29) is 5.82 Å². The Morgan fingerprint density at radius 3 is 2.25 bits per heavy atom. The summed E-state index contributed by atoms with van der Waals surface area (Å²) in [6.45, 7) is 7.45. The Kier molecular flexibility index (Phi) is 4.01. The molecule has 3 rings (SSSR count). The molecule has 0 unspecified atom stereocenters. The highest BCUT2D eigenvalue weighted by atomic mass is 19.1. The highest BCUT2D eigenvalue weighted by Crippen LogP contribution is 2.35. The lowest BCUT2D eigenvalue weighted by molar-refractivity contribution is 0.393. The number of aryl methyl sites for hydroxylation is 4. The van der Waals surface area contributed by atoms with Crippen LogP contribution < -0.4 is 10.5 Å². The SMILES string of the molecule is Cc1cc(N)cc(C)c1Oc1cc(F)cc(-c2c(C)noc2C)c1. The predicted octanol–water partition coefficient (Wildman–Crippen LogP) is 5.09. The summed E-state index contributed by atoms with van der Waals surface area (Å²) in [7, 11) is 0. The maximum absolute atomic E-state index is 14.1. The van der Waals surface area contributed by atoms with Gasteiger partial charge in [-0.1, -0.05) is 5.16 Å². The second-order valence-corrected chi connectivity index (χ2v) is 5.96. The van der Waals surface area contributed by atoms with Crippen molar-refractivity contribution in [2.45, 2.75) is 27.7 Å². The molecule has 1 heterocycles. The summed E-state index contributed by atoms with van der Waals surface area (Å²) in [5, 5.41) is 3.92. The lowest BCUT2D eigenvalue weighted by Gasteiger charge is -2.14. The number of nitrogen functional groups attached to an aromatic ring is 1. The summed E-state index contributed by atoms with van der Waals surface area (Å²) in [5.41, 5.74) is 10.5. The van der Waals surface area contributed by atoms with Crippen LogP contribution in [-0.2, 0) is 0 Å². The molecule has 2 aromatic carbocycles. The second-order valence-electron chi connectivity index (χ2n) is 5.96. The quantitative estimate of drug-likeness (QED) is 0.681. The molecule has 0 radical (unpaired) electrons. The number of nitrogens with two attached hydrogens (primary N) is 1. The first-order valence-corrected chi connectivity index (χ1v) is 7.63. The summed E-state index contributed by atoms with van der Waals surface area (Å²) in [6, 6.07) is 8.25. The third-order valence-corrected chi connectivity index (χ3v) is 3.90. The molecule has 5 heteroatoms. The number of hydrogen-bond acceptors (Lipinski definition) is 4. The predicted molar refractivity (Wildman–Crippen MR) is 91.8 cm³/mol. The van der Waals surface area contributed by atoms with Gasteiger partial charge in [0.15, 0.2) is 0 Å². The molecule has 24 heavy (non-hydrogen) atoms. The average molecular weight is 326 g/mol. The molecule has 124 valence electrons. The second kappa shape index (κ2) is 6.00. The maximum Gasteiger partial charge on any atom is 0.141 e. The van der Waals surface area contributed by atoms with Crippen molar-refractivity contribution in [2.75, 3.05) is 5.73 Å². The van der Waals surface area contributed by atoms with Crippen LogP contribution in [0.4, 0.5) is 10.1 Å². The monoisotopic (exact) mass is 326 g/mol. The van der Waals surface area contributed by atoms with E-state index in [0.717, 1.165) is 16.7 Å². The van der Waals surface area contributed by atoms with Crippen LogP contribution in [0.5, 0.6) is 11.5 Å². The van der Waals surface area contributed by atoms with E-state index < -0.39 is 0 Å². The molecule has 4 nitrogen and oxygen atoms in total. The van der Waals surface area contributed by atoms with E-state index in [1.54, 1.807) is 13.0 Å². The topological polar surface area (TPSA) is 61.3 Å². The first-order chi connectivity index (χ1) is 11.3. The Balaban J connectivity index is 2.05. The molecule has 0 aliphatic heterocycles. The molecule has 0 bridgehead atoms. The summed E-state index contributed by atoms with van der Waals surface area (Å²) in [6.07, 6.45) is 0. The number of benzene rings is 2. The van der Waals surface area contributed by atoms with Gasteiger partial charge in [-0.15, -0.1) is 0 Å². The average Bonchev–Trinajstić information content (AvgIpc) is 2.81. The van der Waals surface area contributed by atoms with Crippen molar-refractivity contribution in [3.63, 3.8) is 0 Å². The minimum atomic E-state index is -0.381. The van der Waals surface area contributed by atoms with E-state index in [4.69, 9.17) is 15.0 Å². The lowest BCUT2D eigenvalue weighted by Crippen LogP contribution is -1.95. The first-order valence-electron chi connectivity index (χ1n) is 7.63. The van der Waals surface area contributed by atoms with E-state index in [9.17, 15) is 4.39 Å². The summed E-state index contributed by atoms with van der Waals surface area (Å²) in [5.74, 6) is 1.36. The number of nitrogens with zero attached hydrogens (tertiary/aromatic N) is 1. The van der Waals surface area contributed by atoms with Crippen molar-refractivity contribution in [3.8, 4) is 22.6 Å². The highest BCUT2D eigenvalue weighted by molar-refractivity contribution is 5.69. The molecule has 2 N–H and O–H groups in total. The number of ether oxygens (including phenoxy) is 1. The highest BCUT2D eigenvalue weighted by Gasteiger charge is 2.15. The van der Waals surface area contributed by atoms with E-state index in [2.05, 4.69) is 5.16 Å². The van der Waals surface area contributed by atoms with Crippen LogP contribution in [0.1, 0.15) is 22.6 Å². The van der Waals surface area contributed by atoms with E-state index >= 15 is 0 Å². The van der Waals surface area contributed by atoms with Gasteiger partial charge in [0, 0.05) is 17.3 Å². The van der Waals surface area contributed by atoms with Crippen LogP contribution in [0.2, 0.25) is 0 Å². The molecule has 0 aliphatic rings. The van der Waals surface area contributed by atoms with Gasteiger partial charge in [-0.3, -0.25) is 0 Å². The van der Waals surface area contributed by atoms with Gasteiger partial charge in [0.1, 0.15) is 23.1 Å². The van der Waals surface area contributed by atoms with Crippen molar-refractivity contribution in [1.82, 2.24) is 5.16 Å². The van der Waals surface area contributed by atoms with Gasteiger partial charge >= 0.3 is 0 Å². The third-order valence-electron chi connectivity index (χ3n) is 3.90. The molecule has 0 saturated carbocycles. The Morgan fingerprint density at radius 1 is 1.00 bits per heavy atom. The number of hydrogen-bond donors (Lipinski definition) is 1. The fraction of sp³-hybridized carbons (Fsp3) is 0.211. The van der Waals surface area contributed by atoms with Crippen molar-refractivity contribution < 1.29 is 13.7 Å². The van der Waals surface area contributed by atoms with E-state index in [1.165, 1.54) is 12.1 Å². The van der Waals surface area contributed by atoms with Gasteiger partial charge in [-0.25, -0.2) is 4.39 Å². The van der Waals surface area contributed by atoms with Crippen LogP contribution in [0.15, 0.2) is 34.9 Å². The van der Waals surface area contributed by atoms with Crippen molar-refractivity contribution in [2.24, 2.45) is 0 Å². The van der Waals surface area contributed by atoms with Crippen LogP contribution in [0, 0.1) is 33.5 Å². The Hall–Kier alpha value is -2.82. The normalized spacial score (nSPS) is 10.9. The molecule has 0 amide bonds. The van der Waals surface area contributed by atoms with Crippen molar-refractivity contribution in [1.29, 1.82) is 0 Å². The number of aromatic nitrogens is 1. The van der Waals surface area contributed by atoms with Crippen molar-refractivity contribution in [3.05, 3.63) is 58.7 Å². The number of rotatable bonds is 3. The van der Waals surface area contributed by atoms with Gasteiger partial charge in [0.25, 0.3) is 0 Å². The fourth-order valence-electron chi connectivity index (χ4n) is 2.92. The zero-order valence-corrected chi connectivity index (χ0v) is 14.1. The fourth-order valence-corrected chi connectivity index (χ4v) is 2.92. The summed E-state index contributed by atoms with van der Waals surface area (Å²) in [4.78, 5) is 0. The Labute approximate surface area is 140 Å². The van der Waals surface area contributed by atoms with Gasteiger partial charge < -0.3 is 15.0 Å². The lowest BCUT2D eigenvalue weighted by atomic mass is 10.0. The summed E-state index contributed by atoms with van der Waals surface area (Å²) >= 11 is 0. The maximum atomic E-state index is 14.1. The molecule has 0 atom stereocenters. The molecule has 3 aromatic rings. The van der Waals surface area contributed by atoms with Crippen LogP contribution in [-0.4, -0.2) is 5.16 Å². The molecule has 1 aromatic heterocycles. The Bertz CT molecular complexity index is 873. The van der Waals surface area contributed by atoms with Crippen LogP contribution >= 0.6 is 0 Å².